The summed E-state index contributed by atoms with van der Waals surface area (Å²) in [6, 6.07) is 17.4. The number of nitriles is 1. The number of nitrogens with zero attached hydrogens (tertiary/aromatic N) is 3. The number of carboxylic acid groups (broad SMARTS) is 1. The van der Waals surface area contributed by atoms with Crippen molar-refractivity contribution in [2.24, 2.45) is 0 Å². The molecular weight excluding hydrogens is 430 g/mol. The van der Waals surface area contributed by atoms with Gasteiger partial charge in [-0.05, 0) is 56.2 Å². The predicted molar refractivity (Wildman–Crippen MR) is 129 cm³/mol. The highest BCUT2D eigenvalue weighted by Gasteiger charge is 2.22. The van der Waals surface area contributed by atoms with Gasteiger partial charge in [0.2, 0.25) is 0 Å². The number of anilines is 2. The zero-order chi connectivity index (χ0) is 24.4. The minimum atomic E-state index is -1.13. The van der Waals surface area contributed by atoms with Gasteiger partial charge in [0.1, 0.15) is 17.6 Å². The molecule has 4 rings (SSSR count). The van der Waals surface area contributed by atoms with E-state index in [0.717, 1.165) is 22.4 Å². The van der Waals surface area contributed by atoms with Crippen molar-refractivity contribution >= 4 is 29.0 Å². The van der Waals surface area contributed by atoms with Crippen molar-refractivity contribution < 1.29 is 14.7 Å². The molecule has 0 bridgehead atoms. The zero-order valence-corrected chi connectivity index (χ0v) is 19.0. The Kier molecular flexibility index (Phi) is 6.02. The number of amides is 1. The summed E-state index contributed by atoms with van der Waals surface area (Å²) in [5, 5.41) is 24.3. The van der Waals surface area contributed by atoms with Gasteiger partial charge in [0, 0.05) is 17.4 Å². The van der Waals surface area contributed by atoms with Crippen LogP contribution in [-0.2, 0) is 4.79 Å². The number of nitrogens with one attached hydrogen (secondary N) is 2. The summed E-state index contributed by atoms with van der Waals surface area (Å²) in [6.07, 6.45) is 1.79. The molecule has 3 N–H and O–H groups in total. The van der Waals surface area contributed by atoms with E-state index in [-0.39, 0.29) is 5.56 Å². The maximum Gasteiger partial charge on any atom is 0.325 e. The number of carboxylic acids is 1. The van der Waals surface area contributed by atoms with Gasteiger partial charge in [0.05, 0.1) is 17.2 Å². The zero-order valence-electron chi connectivity index (χ0n) is 19.0. The molecule has 0 spiro atoms. The molecule has 2 heterocycles. The molecule has 0 fully saturated rings. The average Bonchev–Trinajstić information content (AvgIpc) is 3.19. The number of aromatic nitrogens is 2. The lowest BCUT2D eigenvalue weighted by Crippen LogP contribution is -2.38. The van der Waals surface area contributed by atoms with Crippen LogP contribution in [0.4, 0.5) is 11.5 Å². The lowest BCUT2D eigenvalue weighted by atomic mass is 10.1. The van der Waals surface area contributed by atoms with E-state index in [1.165, 1.54) is 6.92 Å². The van der Waals surface area contributed by atoms with Gasteiger partial charge in [-0.15, -0.1) is 0 Å². The smallest absolute Gasteiger partial charge is 0.325 e. The fraction of sp³-hybridized carbons (Fsp3) is 0.154. The van der Waals surface area contributed by atoms with Crippen LogP contribution in [0, 0.1) is 25.2 Å². The van der Waals surface area contributed by atoms with Crippen LogP contribution in [0.5, 0.6) is 0 Å². The van der Waals surface area contributed by atoms with Gasteiger partial charge < -0.3 is 15.7 Å². The highest BCUT2D eigenvalue weighted by molar-refractivity contribution is 6.02. The molecule has 170 valence electrons. The molecule has 1 atom stereocenters. The first kappa shape index (κ1) is 22.6. The van der Waals surface area contributed by atoms with Crippen molar-refractivity contribution in [2.45, 2.75) is 26.8 Å². The number of aliphatic carboxylic acids is 1. The summed E-state index contributed by atoms with van der Waals surface area (Å²) in [6.45, 7) is 5.42. The third kappa shape index (κ3) is 4.19. The quantitative estimate of drug-likeness (QED) is 0.397. The average molecular weight is 454 g/mol. The van der Waals surface area contributed by atoms with Gasteiger partial charge in [0.15, 0.2) is 5.65 Å². The molecule has 0 aliphatic carbocycles. The van der Waals surface area contributed by atoms with Gasteiger partial charge in [-0.2, -0.15) is 5.26 Å². The first-order chi connectivity index (χ1) is 16.3. The van der Waals surface area contributed by atoms with E-state index in [4.69, 9.17) is 10.2 Å². The third-order valence-corrected chi connectivity index (χ3v) is 5.62. The molecule has 0 radical (unpaired) electrons. The summed E-state index contributed by atoms with van der Waals surface area (Å²) >= 11 is 0. The van der Waals surface area contributed by atoms with Crippen LogP contribution in [0.15, 0.2) is 60.8 Å². The van der Waals surface area contributed by atoms with Crippen molar-refractivity contribution in [3.63, 3.8) is 0 Å². The van der Waals surface area contributed by atoms with Crippen LogP contribution in [0.3, 0.4) is 0 Å². The molecule has 2 aromatic carbocycles. The lowest BCUT2D eigenvalue weighted by molar-refractivity contribution is -0.138. The second-order valence-electron chi connectivity index (χ2n) is 8.04. The Hall–Kier alpha value is -4.64. The number of benzene rings is 2. The fourth-order valence-corrected chi connectivity index (χ4v) is 3.73. The van der Waals surface area contributed by atoms with Crippen LogP contribution in [0.1, 0.15) is 34.0 Å². The molecule has 0 aliphatic rings. The number of para-hydroxylation sites is 1. The first-order valence-corrected chi connectivity index (χ1v) is 10.7. The minimum Gasteiger partial charge on any atom is -0.480 e. The van der Waals surface area contributed by atoms with E-state index < -0.39 is 17.9 Å². The van der Waals surface area contributed by atoms with Crippen molar-refractivity contribution in [1.82, 2.24) is 14.7 Å². The van der Waals surface area contributed by atoms with E-state index in [2.05, 4.69) is 16.7 Å². The van der Waals surface area contributed by atoms with Crippen LogP contribution in [-0.4, -0.2) is 32.4 Å². The van der Waals surface area contributed by atoms with Gasteiger partial charge in [-0.1, -0.05) is 30.3 Å². The number of carbonyl (C=O) groups excluding carboxylic acids is 1. The van der Waals surface area contributed by atoms with Gasteiger partial charge >= 0.3 is 5.97 Å². The molecule has 34 heavy (non-hydrogen) atoms. The molecule has 0 saturated carbocycles. The largest absolute Gasteiger partial charge is 0.480 e. The maximum absolute atomic E-state index is 12.9. The summed E-state index contributed by atoms with van der Waals surface area (Å²) in [5.41, 5.74) is 5.54. The standard InChI is InChI=1S/C26H23N5O3/c1-15-6-4-7-16(2)21(15)29-24-22(19-11-9-18(14-27)10-12-19)30-23-20(8-5-13-31(23)24)25(32)28-17(3)26(33)34/h4-13,17,29H,1-3H3,(H,28,32)(H,33,34). The highest BCUT2D eigenvalue weighted by atomic mass is 16.4. The Balaban J connectivity index is 1.91. The fourth-order valence-electron chi connectivity index (χ4n) is 3.73. The molecule has 0 aliphatic heterocycles. The van der Waals surface area contributed by atoms with Crippen molar-refractivity contribution in [1.29, 1.82) is 5.26 Å². The highest BCUT2D eigenvalue weighted by Crippen LogP contribution is 2.34. The number of aryl methyl sites for hydroxylation is 2. The number of rotatable bonds is 6. The second kappa shape index (κ2) is 9.08. The molecule has 2 aromatic heterocycles. The van der Waals surface area contributed by atoms with Gasteiger partial charge in [-0.25, -0.2) is 4.98 Å². The summed E-state index contributed by atoms with van der Waals surface area (Å²) in [4.78, 5) is 28.9. The Morgan fingerprint density at radius 1 is 1.06 bits per heavy atom. The van der Waals surface area contributed by atoms with E-state index in [1.807, 2.05) is 44.2 Å². The molecule has 8 heteroatoms. The lowest BCUT2D eigenvalue weighted by Gasteiger charge is -2.14. The van der Waals surface area contributed by atoms with Crippen LogP contribution >= 0.6 is 0 Å². The predicted octanol–water partition coefficient (Wildman–Crippen LogP) is 4.44. The monoisotopic (exact) mass is 453 g/mol. The van der Waals surface area contributed by atoms with E-state index in [0.29, 0.717) is 22.7 Å². The van der Waals surface area contributed by atoms with E-state index >= 15 is 0 Å². The first-order valence-electron chi connectivity index (χ1n) is 10.7. The van der Waals surface area contributed by atoms with Gasteiger partial charge in [0.25, 0.3) is 5.91 Å². The molecule has 1 unspecified atom stereocenters. The SMILES string of the molecule is Cc1cccc(C)c1Nc1c(-c2ccc(C#N)cc2)nc2c(C(=O)NC(C)C(=O)O)cccn12. The Morgan fingerprint density at radius 2 is 1.74 bits per heavy atom. The molecule has 4 aromatic rings. The number of imidazole rings is 1. The molecular formula is C26H23N5O3. The topological polar surface area (TPSA) is 120 Å². The number of hydrogen-bond acceptors (Lipinski definition) is 5. The minimum absolute atomic E-state index is 0.250. The number of hydrogen-bond donors (Lipinski definition) is 3. The Morgan fingerprint density at radius 3 is 2.35 bits per heavy atom. The third-order valence-electron chi connectivity index (χ3n) is 5.62. The van der Waals surface area contributed by atoms with Crippen molar-refractivity contribution in [3.05, 3.63) is 83.0 Å². The maximum atomic E-state index is 12.9. The second-order valence-corrected chi connectivity index (χ2v) is 8.04. The van der Waals surface area contributed by atoms with Crippen molar-refractivity contribution in [3.8, 4) is 17.3 Å². The Labute approximate surface area is 196 Å². The van der Waals surface area contributed by atoms with Gasteiger partial charge in [-0.3, -0.25) is 14.0 Å². The van der Waals surface area contributed by atoms with Crippen LogP contribution in [0.25, 0.3) is 16.9 Å². The number of fused-ring (bicyclic) bond motifs is 1. The normalized spacial score (nSPS) is 11.6. The molecule has 8 nitrogen and oxygen atoms in total. The molecule has 0 saturated heterocycles. The van der Waals surface area contributed by atoms with Crippen molar-refractivity contribution in [2.75, 3.05) is 5.32 Å². The van der Waals surface area contributed by atoms with Crippen LogP contribution in [0.2, 0.25) is 0 Å². The summed E-state index contributed by atoms with van der Waals surface area (Å²) in [7, 11) is 0. The summed E-state index contributed by atoms with van der Waals surface area (Å²) in [5.74, 6) is -1.01. The number of carbonyl (C=O) groups is 2. The number of pyridine rings is 1. The van der Waals surface area contributed by atoms with E-state index in [9.17, 15) is 14.7 Å². The van der Waals surface area contributed by atoms with E-state index in [1.54, 1.807) is 34.9 Å². The van der Waals surface area contributed by atoms with Crippen LogP contribution < -0.4 is 10.6 Å². The molecule has 1 amide bonds. The summed E-state index contributed by atoms with van der Waals surface area (Å²) < 4.78 is 1.78. The Bertz CT molecular complexity index is 1430.